The molecule has 2 aromatic heterocycles. The first-order valence-corrected chi connectivity index (χ1v) is 10.1. The van der Waals surface area contributed by atoms with Gasteiger partial charge < -0.3 is 14.2 Å². The van der Waals surface area contributed by atoms with Crippen LogP contribution in [0.15, 0.2) is 29.2 Å². The second kappa shape index (κ2) is 7.00. The van der Waals surface area contributed by atoms with Gasteiger partial charge in [-0.25, -0.2) is 0 Å². The Balaban J connectivity index is 1.35. The highest BCUT2D eigenvalue weighted by atomic mass is 16.5. The number of aryl methyl sites for hydroxylation is 1. The summed E-state index contributed by atoms with van der Waals surface area (Å²) in [5.41, 5.74) is 1.96. The zero-order valence-corrected chi connectivity index (χ0v) is 16.3. The van der Waals surface area contributed by atoms with Gasteiger partial charge in [0.25, 0.3) is 0 Å². The van der Waals surface area contributed by atoms with Crippen LogP contribution in [0.1, 0.15) is 36.4 Å². The van der Waals surface area contributed by atoms with Gasteiger partial charge in [0.1, 0.15) is 6.26 Å². The van der Waals surface area contributed by atoms with E-state index in [1.54, 1.807) is 6.26 Å². The van der Waals surface area contributed by atoms with Crippen molar-refractivity contribution in [1.29, 1.82) is 0 Å². The van der Waals surface area contributed by atoms with Gasteiger partial charge in [0, 0.05) is 58.0 Å². The number of amides is 1. The molecule has 3 aliphatic rings. The van der Waals surface area contributed by atoms with E-state index in [1.807, 2.05) is 30.2 Å². The van der Waals surface area contributed by atoms with Gasteiger partial charge in [0.2, 0.25) is 5.91 Å². The van der Waals surface area contributed by atoms with E-state index < -0.39 is 0 Å². The van der Waals surface area contributed by atoms with Crippen molar-refractivity contribution in [3.8, 4) is 0 Å². The maximum Gasteiger partial charge on any atom is 0.227 e. The van der Waals surface area contributed by atoms with Crippen LogP contribution in [0.5, 0.6) is 0 Å². The maximum absolute atomic E-state index is 13.5. The molecule has 0 bridgehead atoms. The van der Waals surface area contributed by atoms with Crippen LogP contribution in [-0.4, -0.2) is 69.0 Å². The van der Waals surface area contributed by atoms with Gasteiger partial charge in [-0.05, 0) is 24.8 Å². The Hall–Kier alpha value is -2.19. The lowest BCUT2D eigenvalue weighted by molar-refractivity contribution is -0.170. The molecular weight excluding hydrogens is 358 g/mol. The molecule has 2 aliphatic heterocycles. The molecular formula is C20H27N5O3. The maximum atomic E-state index is 13.5. The Kier molecular flexibility index (Phi) is 4.47. The van der Waals surface area contributed by atoms with Crippen molar-refractivity contribution in [3.05, 3.63) is 36.0 Å². The normalized spacial score (nSPS) is 27.2. The molecule has 2 atom stereocenters. The van der Waals surface area contributed by atoms with Crippen molar-refractivity contribution in [2.45, 2.75) is 37.3 Å². The van der Waals surface area contributed by atoms with Crippen LogP contribution in [0.25, 0.3) is 0 Å². The van der Waals surface area contributed by atoms with Gasteiger partial charge >= 0.3 is 0 Å². The number of hydrogen-bond donors (Lipinski definition) is 0. The van der Waals surface area contributed by atoms with Crippen molar-refractivity contribution in [3.63, 3.8) is 0 Å². The highest BCUT2D eigenvalue weighted by Gasteiger charge is 2.47. The average molecular weight is 385 g/mol. The summed E-state index contributed by atoms with van der Waals surface area (Å²) >= 11 is 0. The first-order valence-electron chi connectivity index (χ1n) is 10.1. The zero-order valence-electron chi connectivity index (χ0n) is 16.3. The summed E-state index contributed by atoms with van der Waals surface area (Å²) in [6.45, 7) is 4.34. The van der Waals surface area contributed by atoms with Crippen LogP contribution < -0.4 is 0 Å². The monoisotopic (exact) mass is 385 g/mol. The molecule has 1 aliphatic carbocycles. The molecule has 0 N–H and O–H groups in total. The fraction of sp³-hybridized carbons (Fsp3) is 0.650. The minimum Gasteiger partial charge on any atom is -0.371 e. The molecule has 0 aromatic carbocycles. The summed E-state index contributed by atoms with van der Waals surface area (Å²) < 4.78 is 12.8. The van der Waals surface area contributed by atoms with Crippen LogP contribution >= 0.6 is 0 Å². The largest absolute Gasteiger partial charge is 0.371 e. The van der Waals surface area contributed by atoms with E-state index >= 15 is 0 Å². The van der Waals surface area contributed by atoms with Gasteiger partial charge in [0.15, 0.2) is 0 Å². The minimum atomic E-state index is -0.0727. The van der Waals surface area contributed by atoms with Crippen LogP contribution in [0.3, 0.4) is 0 Å². The molecule has 3 fully saturated rings. The topological polar surface area (TPSA) is 76.6 Å². The molecule has 1 spiro atoms. The Bertz CT molecular complexity index is 829. The van der Waals surface area contributed by atoms with E-state index in [4.69, 9.17) is 9.26 Å². The quantitative estimate of drug-likeness (QED) is 0.792. The molecule has 4 heterocycles. The number of hydrogen-bond acceptors (Lipinski definition) is 6. The lowest BCUT2D eigenvalue weighted by Gasteiger charge is -2.49. The molecule has 8 nitrogen and oxygen atoms in total. The van der Waals surface area contributed by atoms with Crippen LogP contribution in [0, 0.1) is 5.92 Å². The van der Waals surface area contributed by atoms with E-state index in [0.29, 0.717) is 19.7 Å². The number of ether oxygens (including phenoxy) is 1. The van der Waals surface area contributed by atoms with Crippen LogP contribution in [0.2, 0.25) is 0 Å². The molecule has 28 heavy (non-hydrogen) atoms. The zero-order chi connectivity index (χ0) is 19.1. The predicted molar refractivity (Wildman–Crippen MR) is 100 cm³/mol. The third-order valence-electron chi connectivity index (χ3n) is 6.57. The minimum absolute atomic E-state index is 0.0636. The van der Waals surface area contributed by atoms with Crippen molar-refractivity contribution >= 4 is 5.91 Å². The Morgan fingerprint density at radius 2 is 2.25 bits per heavy atom. The first-order chi connectivity index (χ1) is 13.6. The second-order valence-corrected chi connectivity index (χ2v) is 8.49. The highest BCUT2D eigenvalue weighted by molar-refractivity contribution is 5.81. The fourth-order valence-corrected chi connectivity index (χ4v) is 4.92. The van der Waals surface area contributed by atoms with Crippen molar-refractivity contribution in [2.24, 2.45) is 13.0 Å². The molecule has 0 radical (unpaired) electrons. The van der Waals surface area contributed by atoms with Crippen molar-refractivity contribution in [2.75, 3.05) is 32.8 Å². The Morgan fingerprint density at radius 1 is 1.36 bits per heavy atom. The highest BCUT2D eigenvalue weighted by Crippen LogP contribution is 2.40. The average Bonchev–Trinajstić information content (AvgIpc) is 3.41. The first kappa shape index (κ1) is 17.9. The third-order valence-corrected chi connectivity index (χ3v) is 6.57. The standard InChI is InChI=1S/C20H27N5O3/c1-23-10-15(9-21-23)17-12-24(11-16-3-7-28-22-16)13-18(17)19(26)25-6-8-27-20(14-25)4-2-5-20/h3,7,9-10,17-18H,2,4-6,8,11-14H2,1H3/t17-,18+/m0/s1. The SMILES string of the molecule is Cn1cc([C@@H]2CN(Cc3ccon3)C[C@H]2C(=O)N2CCOC3(CCC3)C2)cn1. The summed E-state index contributed by atoms with van der Waals surface area (Å²) in [5.74, 6) is 0.339. The number of likely N-dealkylation sites (tertiary alicyclic amines) is 1. The van der Waals surface area contributed by atoms with Gasteiger partial charge in [0.05, 0.1) is 30.0 Å². The van der Waals surface area contributed by atoms with Crippen molar-refractivity contribution in [1.82, 2.24) is 24.7 Å². The molecule has 2 aromatic rings. The molecule has 8 heteroatoms. The summed E-state index contributed by atoms with van der Waals surface area (Å²) in [6, 6.07) is 1.89. The van der Waals surface area contributed by atoms with E-state index in [-0.39, 0.29) is 23.3 Å². The van der Waals surface area contributed by atoms with Crippen LogP contribution in [0.4, 0.5) is 0 Å². The number of carbonyl (C=O) groups is 1. The lowest BCUT2D eigenvalue weighted by Crippen LogP contribution is -2.58. The van der Waals surface area contributed by atoms with Gasteiger partial charge in [-0.1, -0.05) is 5.16 Å². The van der Waals surface area contributed by atoms with Crippen molar-refractivity contribution < 1.29 is 14.1 Å². The van der Waals surface area contributed by atoms with Gasteiger partial charge in [-0.15, -0.1) is 0 Å². The number of morpholine rings is 1. The van der Waals surface area contributed by atoms with E-state index in [0.717, 1.165) is 43.7 Å². The summed E-state index contributed by atoms with van der Waals surface area (Å²) in [6.07, 6.45) is 8.89. The molecule has 1 amide bonds. The lowest BCUT2D eigenvalue weighted by atomic mass is 9.78. The third kappa shape index (κ3) is 3.24. The Labute approximate surface area is 164 Å². The van der Waals surface area contributed by atoms with E-state index in [1.165, 1.54) is 6.42 Å². The number of aromatic nitrogens is 3. The molecule has 5 rings (SSSR count). The van der Waals surface area contributed by atoms with Gasteiger partial charge in [-0.3, -0.25) is 14.4 Å². The number of rotatable bonds is 4. The summed E-state index contributed by atoms with van der Waals surface area (Å²) in [7, 11) is 1.92. The second-order valence-electron chi connectivity index (χ2n) is 8.49. The number of carbonyl (C=O) groups excluding carboxylic acids is 1. The summed E-state index contributed by atoms with van der Waals surface area (Å²) in [4.78, 5) is 17.9. The predicted octanol–water partition coefficient (Wildman–Crippen LogP) is 1.41. The molecule has 2 saturated heterocycles. The molecule has 0 unspecified atom stereocenters. The van der Waals surface area contributed by atoms with Crippen LogP contribution in [-0.2, 0) is 23.1 Å². The fourth-order valence-electron chi connectivity index (χ4n) is 4.92. The number of nitrogens with zero attached hydrogens (tertiary/aromatic N) is 5. The molecule has 150 valence electrons. The van der Waals surface area contributed by atoms with E-state index in [2.05, 4.69) is 20.1 Å². The smallest absolute Gasteiger partial charge is 0.227 e. The van der Waals surface area contributed by atoms with E-state index in [9.17, 15) is 4.79 Å². The Morgan fingerprint density at radius 3 is 2.93 bits per heavy atom. The summed E-state index contributed by atoms with van der Waals surface area (Å²) in [5, 5.41) is 8.37. The van der Waals surface area contributed by atoms with Gasteiger partial charge in [-0.2, -0.15) is 5.10 Å². The molecule has 1 saturated carbocycles.